The molecule has 9 heteroatoms. The van der Waals surface area contributed by atoms with Gasteiger partial charge in [0.25, 0.3) is 0 Å². The quantitative estimate of drug-likeness (QED) is 0.381. The average Bonchev–Trinajstić information content (AvgIpc) is 2.63. The van der Waals surface area contributed by atoms with Gasteiger partial charge in [-0.2, -0.15) is 0 Å². The first-order valence-corrected chi connectivity index (χ1v) is 8.53. The van der Waals surface area contributed by atoms with E-state index in [2.05, 4.69) is 24.8 Å². The van der Waals surface area contributed by atoms with Gasteiger partial charge >= 0.3 is 0 Å². The number of rotatable bonds is 4. The van der Waals surface area contributed by atoms with Crippen molar-refractivity contribution in [1.29, 1.82) is 0 Å². The van der Waals surface area contributed by atoms with Crippen molar-refractivity contribution in [1.82, 2.24) is 14.9 Å². The van der Waals surface area contributed by atoms with Gasteiger partial charge in [0.05, 0.1) is 5.60 Å². The molecular formula is C16H27IN6O2. The maximum Gasteiger partial charge on any atom is 0.225 e. The van der Waals surface area contributed by atoms with Crippen LogP contribution in [-0.2, 0) is 4.74 Å². The summed E-state index contributed by atoms with van der Waals surface area (Å²) in [7, 11) is 0. The normalized spacial score (nSPS) is 20.9. The third-order valence-electron chi connectivity index (χ3n) is 4.71. The van der Waals surface area contributed by atoms with E-state index < -0.39 is 5.60 Å². The van der Waals surface area contributed by atoms with Gasteiger partial charge in [-0.25, -0.2) is 9.97 Å². The van der Waals surface area contributed by atoms with Crippen LogP contribution in [0.5, 0.6) is 0 Å². The lowest BCUT2D eigenvalue weighted by molar-refractivity contribution is -0.0662. The van der Waals surface area contributed by atoms with Crippen LogP contribution in [0.2, 0.25) is 0 Å². The molecule has 0 spiro atoms. The zero-order valence-electron chi connectivity index (χ0n) is 14.4. The third kappa shape index (κ3) is 5.65. The maximum atomic E-state index is 10.4. The van der Waals surface area contributed by atoms with Crippen LogP contribution in [0.3, 0.4) is 0 Å². The zero-order valence-corrected chi connectivity index (χ0v) is 16.7. The van der Waals surface area contributed by atoms with Crippen molar-refractivity contribution in [2.45, 2.75) is 24.9 Å². The molecule has 0 atom stereocenters. The molecule has 3 N–H and O–H groups in total. The molecule has 0 amide bonds. The Bertz CT molecular complexity index is 545. The van der Waals surface area contributed by atoms with Gasteiger partial charge in [0.1, 0.15) is 0 Å². The number of hydrogen-bond acceptors (Lipinski definition) is 6. The van der Waals surface area contributed by atoms with Crippen molar-refractivity contribution in [3.8, 4) is 0 Å². The molecule has 0 aliphatic carbocycles. The predicted molar refractivity (Wildman–Crippen MR) is 107 cm³/mol. The number of aliphatic hydroxyl groups is 1. The summed E-state index contributed by atoms with van der Waals surface area (Å²) in [4.78, 5) is 17.2. The van der Waals surface area contributed by atoms with E-state index in [1.54, 1.807) is 12.4 Å². The van der Waals surface area contributed by atoms with Crippen LogP contribution < -0.4 is 10.6 Å². The van der Waals surface area contributed by atoms with Gasteiger partial charge in [-0.1, -0.05) is 0 Å². The molecule has 0 saturated carbocycles. The number of aliphatic imine (C=N–C) groups is 1. The van der Waals surface area contributed by atoms with E-state index in [1.807, 2.05) is 6.07 Å². The van der Waals surface area contributed by atoms with Crippen molar-refractivity contribution < 1.29 is 9.84 Å². The standard InChI is InChI=1S/C16H26N6O2.HI/c17-14(18-7-2-16(23)3-12-24-13-4-16)21-8-10-22(11-9-21)15-19-5-1-6-20-15;/h1,5-6,23H,2-4,7-13H2,(H2,17,18);1H. The number of nitrogens with two attached hydrogens (primary N) is 1. The van der Waals surface area contributed by atoms with E-state index in [0.717, 1.165) is 32.1 Å². The molecule has 1 aromatic heterocycles. The van der Waals surface area contributed by atoms with Crippen LogP contribution in [0.15, 0.2) is 23.5 Å². The SMILES string of the molecule is I.NC(=NCCC1(O)CCOCC1)N1CCN(c2ncccn2)CC1. The molecule has 8 nitrogen and oxygen atoms in total. The number of nitrogens with zero attached hydrogens (tertiary/aromatic N) is 5. The van der Waals surface area contributed by atoms with Gasteiger partial charge < -0.3 is 25.4 Å². The minimum Gasteiger partial charge on any atom is -0.390 e. The minimum atomic E-state index is -0.647. The minimum absolute atomic E-state index is 0. The summed E-state index contributed by atoms with van der Waals surface area (Å²) in [6.07, 6.45) is 5.50. The van der Waals surface area contributed by atoms with Gasteiger partial charge in [0.2, 0.25) is 5.95 Å². The lowest BCUT2D eigenvalue weighted by atomic mass is 9.91. The maximum absolute atomic E-state index is 10.4. The summed E-state index contributed by atoms with van der Waals surface area (Å²) >= 11 is 0. The second-order valence-corrected chi connectivity index (χ2v) is 6.35. The molecular weight excluding hydrogens is 435 g/mol. The van der Waals surface area contributed by atoms with E-state index in [-0.39, 0.29) is 24.0 Å². The van der Waals surface area contributed by atoms with Crippen LogP contribution in [0.4, 0.5) is 5.95 Å². The Morgan fingerprint density at radius 2 is 1.84 bits per heavy atom. The van der Waals surface area contributed by atoms with E-state index in [9.17, 15) is 5.11 Å². The van der Waals surface area contributed by atoms with Gasteiger partial charge in [-0.05, 0) is 25.3 Å². The Morgan fingerprint density at radius 1 is 1.20 bits per heavy atom. The topological polar surface area (TPSA) is 100 Å². The molecule has 1 aromatic rings. The second-order valence-electron chi connectivity index (χ2n) is 6.35. The molecule has 3 heterocycles. The number of piperazine rings is 1. The Hall–Kier alpha value is -1.20. The molecule has 2 aliphatic rings. The number of aromatic nitrogens is 2. The van der Waals surface area contributed by atoms with E-state index in [1.165, 1.54) is 0 Å². The summed E-state index contributed by atoms with van der Waals surface area (Å²) in [5.74, 6) is 1.31. The molecule has 0 unspecified atom stereocenters. The van der Waals surface area contributed by atoms with Gasteiger partial charge in [0, 0.05) is 58.3 Å². The molecule has 2 aliphatic heterocycles. The molecule has 25 heavy (non-hydrogen) atoms. The predicted octanol–water partition coefficient (Wildman–Crippen LogP) is 0.463. The highest BCUT2D eigenvalue weighted by molar-refractivity contribution is 14.0. The highest BCUT2D eigenvalue weighted by atomic mass is 127. The average molecular weight is 462 g/mol. The largest absolute Gasteiger partial charge is 0.390 e. The molecule has 0 radical (unpaired) electrons. The van der Waals surface area contributed by atoms with Gasteiger partial charge in [0.15, 0.2) is 5.96 Å². The van der Waals surface area contributed by atoms with Gasteiger partial charge in [-0.15, -0.1) is 24.0 Å². The van der Waals surface area contributed by atoms with Crippen molar-refractivity contribution in [3.05, 3.63) is 18.5 Å². The number of anilines is 1. The highest BCUT2D eigenvalue weighted by Crippen LogP contribution is 2.24. The summed E-state index contributed by atoms with van der Waals surface area (Å²) in [5.41, 5.74) is 5.46. The monoisotopic (exact) mass is 462 g/mol. The molecule has 0 bridgehead atoms. The van der Waals surface area contributed by atoms with Crippen LogP contribution in [0, 0.1) is 0 Å². The number of hydrogen-bond donors (Lipinski definition) is 2. The van der Waals surface area contributed by atoms with Crippen LogP contribution in [0.1, 0.15) is 19.3 Å². The van der Waals surface area contributed by atoms with Gasteiger partial charge in [-0.3, -0.25) is 4.99 Å². The molecule has 2 saturated heterocycles. The number of guanidine groups is 1. The van der Waals surface area contributed by atoms with E-state index >= 15 is 0 Å². The smallest absolute Gasteiger partial charge is 0.225 e. The van der Waals surface area contributed by atoms with Crippen molar-refractivity contribution in [2.24, 2.45) is 10.7 Å². The van der Waals surface area contributed by atoms with Crippen molar-refractivity contribution in [3.63, 3.8) is 0 Å². The summed E-state index contributed by atoms with van der Waals surface area (Å²) in [6.45, 7) is 5.03. The molecule has 0 aromatic carbocycles. The van der Waals surface area contributed by atoms with Crippen LogP contribution >= 0.6 is 24.0 Å². The molecule has 3 rings (SSSR count). The Kier molecular flexibility index (Phi) is 7.63. The zero-order chi connectivity index (χ0) is 16.8. The first kappa shape index (κ1) is 20.1. The first-order chi connectivity index (χ1) is 11.7. The number of ether oxygens (including phenoxy) is 1. The Balaban J connectivity index is 0.00000225. The third-order valence-corrected chi connectivity index (χ3v) is 4.71. The lowest BCUT2D eigenvalue weighted by Crippen LogP contribution is -2.51. The van der Waals surface area contributed by atoms with E-state index in [4.69, 9.17) is 10.5 Å². The summed E-state index contributed by atoms with van der Waals surface area (Å²) in [6, 6.07) is 1.82. The van der Waals surface area contributed by atoms with E-state index in [0.29, 0.717) is 45.0 Å². The molecule has 140 valence electrons. The Labute approximate surface area is 165 Å². The first-order valence-electron chi connectivity index (χ1n) is 8.53. The Morgan fingerprint density at radius 3 is 2.48 bits per heavy atom. The fraction of sp³-hybridized carbons (Fsp3) is 0.688. The van der Waals surface area contributed by atoms with Crippen molar-refractivity contribution in [2.75, 3.05) is 50.8 Å². The fourth-order valence-corrected chi connectivity index (χ4v) is 3.07. The summed E-state index contributed by atoms with van der Waals surface area (Å²) in [5, 5.41) is 10.4. The lowest BCUT2D eigenvalue weighted by Gasteiger charge is -2.35. The highest BCUT2D eigenvalue weighted by Gasteiger charge is 2.29. The molecule has 2 fully saturated rings. The van der Waals surface area contributed by atoms with Crippen LogP contribution in [-0.4, -0.2) is 77.5 Å². The van der Waals surface area contributed by atoms with Crippen LogP contribution in [0.25, 0.3) is 0 Å². The summed E-state index contributed by atoms with van der Waals surface area (Å²) < 4.78 is 5.29. The van der Waals surface area contributed by atoms with Crippen molar-refractivity contribution >= 4 is 35.9 Å². The fourth-order valence-electron chi connectivity index (χ4n) is 3.07. The number of halogens is 1. The second kappa shape index (κ2) is 9.48.